The Kier molecular flexibility index (Phi) is 9.91. The molecule has 0 aromatic heterocycles. The summed E-state index contributed by atoms with van der Waals surface area (Å²) in [6, 6.07) is 12.3. The van der Waals surface area contributed by atoms with Gasteiger partial charge in [0.2, 0.25) is 11.8 Å². The number of hydrogen-bond donors (Lipinski definition) is 1. The Bertz CT molecular complexity index is 960. The molecule has 1 N–H and O–H groups in total. The third-order valence-electron chi connectivity index (χ3n) is 6.26. The first kappa shape index (κ1) is 25.9. The maximum absolute atomic E-state index is 13.4. The number of carbonyl (C=O) groups is 2. The van der Waals surface area contributed by atoms with E-state index in [0.717, 1.165) is 36.8 Å². The van der Waals surface area contributed by atoms with Crippen LogP contribution >= 0.6 is 34.8 Å². The lowest BCUT2D eigenvalue weighted by Crippen LogP contribution is -2.51. The van der Waals surface area contributed by atoms with E-state index in [2.05, 4.69) is 5.32 Å². The average molecular weight is 510 g/mol. The van der Waals surface area contributed by atoms with Gasteiger partial charge in [-0.25, -0.2) is 0 Å². The summed E-state index contributed by atoms with van der Waals surface area (Å²) in [6.45, 7) is 2.18. The van der Waals surface area contributed by atoms with Crippen LogP contribution in [0.3, 0.4) is 0 Å². The summed E-state index contributed by atoms with van der Waals surface area (Å²) in [7, 11) is 0. The molecule has 1 aliphatic carbocycles. The van der Waals surface area contributed by atoms with E-state index in [0.29, 0.717) is 27.9 Å². The van der Waals surface area contributed by atoms with Crippen molar-refractivity contribution in [1.29, 1.82) is 0 Å². The lowest BCUT2D eigenvalue weighted by molar-refractivity contribution is -0.141. The van der Waals surface area contributed by atoms with E-state index in [4.69, 9.17) is 34.8 Å². The highest BCUT2D eigenvalue weighted by Gasteiger charge is 2.30. The molecule has 2 aromatic rings. The SMILES string of the molecule is CC[C@H](C(=O)NC1CCCCC1)N(Cc1ccc(Cl)cc1Cl)C(=O)CCc1ccccc1Cl. The van der Waals surface area contributed by atoms with Gasteiger partial charge in [0.1, 0.15) is 6.04 Å². The van der Waals surface area contributed by atoms with Crippen LogP contribution in [-0.4, -0.2) is 28.8 Å². The fraction of sp³-hybridized carbons (Fsp3) is 0.462. The van der Waals surface area contributed by atoms with Gasteiger partial charge in [0.05, 0.1) is 0 Å². The standard InChI is InChI=1S/C26H31Cl3N2O2/c1-2-24(26(33)30-21-9-4-3-5-10-21)31(17-19-12-14-20(27)16-23(19)29)25(32)15-13-18-8-6-7-11-22(18)28/h6-8,11-12,14,16,21,24H,2-5,9-10,13,15,17H2,1H3,(H,30,33)/t24-/m1/s1. The van der Waals surface area contributed by atoms with Crippen LogP contribution in [0, 0.1) is 0 Å². The molecule has 2 amide bonds. The van der Waals surface area contributed by atoms with Gasteiger partial charge >= 0.3 is 0 Å². The largest absolute Gasteiger partial charge is 0.352 e. The predicted octanol–water partition coefficient (Wildman–Crippen LogP) is 6.84. The summed E-state index contributed by atoms with van der Waals surface area (Å²) < 4.78 is 0. The first-order valence-electron chi connectivity index (χ1n) is 11.7. The van der Waals surface area contributed by atoms with Crippen LogP contribution in [0.25, 0.3) is 0 Å². The van der Waals surface area contributed by atoms with Crippen molar-refractivity contribution in [1.82, 2.24) is 10.2 Å². The van der Waals surface area contributed by atoms with Gasteiger partial charge < -0.3 is 10.2 Å². The van der Waals surface area contributed by atoms with Crippen molar-refractivity contribution in [2.24, 2.45) is 0 Å². The first-order chi connectivity index (χ1) is 15.9. The van der Waals surface area contributed by atoms with Crippen molar-refractivity contribution >= 4 is 46.6 Å². The Morgan fingerprint density at radius 1 is 1.00 bits per heavy atom. The van der Waals surface area contributed by atoms with E-state index >= 15 is 0 Å². The lowest BCUT2D eigenvalue weighted by atomic mass is 9.95. The smallest absolute Gasteiger partial charge is 0.243 e. The van der Waals surface area contributed by atoms with Crippen LogP contribution in [-0.2, 0) is 22.6 Å². The molecule has 2 aromatic carbocycles. The molecule has 1 atom stereocenters. The topological polar surface area (TPSA) is 49.4 Å². The third-order valence-corrected chi connectivity index (χ3v) is 7.21. The number of carbonyl (C=O) groups excluding carboxylic acids is 2. The number of aryl methyl sites for hydroxylation is 1. The molecule has 4 nitrogen and oxygen atoms in total. The van der Waals surface area contributed by atoms with Crippen LogP contribution in [0.1, 0.15) is 63.0 Å². The first-order valence-corrected chi connectivity index (χ1v) is 12.8. The molecule has 0 radical (unpaired) electrons. The second-order valence-electron chi connectivity index (χ2n) is 8.62. The Hall–Kier alpha value is -1.75. The minimum absolute atomic E-state index is 0.0967. The van der Waals surface area contributed by atoms with Crippen molar-refractivity contribution in [3.8, 4) is 0 Å². The van der Waals surface area contributed by atoms with Gasteiger partial charge in [0, 0.05) is 34.1 Å². The molecule has 1 aliphatic rings. The number of hydrogen-bond acceptors (Lipinski definition) is 2. The molecule has 0 heterocycles. The van der Waals surface area contributed by atoms with Crippen LogP contribution in [0.2, 0.25) is 15.1 Å². The Morgan fingerprint density at radius 3 is 2.39 bits per heavy atom. The van der Waals surface area contributed by atoms with E-state index in [1.54, 1.807) is 17.0 Å². The van der Waals surface area contributed by atoms with Crippen LogP contribution in [0.4, 0.5) is 0 Å². The molecule has 0 aliphatic heterocycles. The minimum Gasteiger partial charge on any atom is -0.352 e. The summed E-state index contributed by atoms with van der Waals surface area (Å²) in [6.07, 6.45) is 6.72. The van der Waals surface area contributed by atoms with Crippen LogP contribution in [0.5, 0.6) is 0 Å². The molecule has 0 spiro atoms. The van der Waals surface area contributed by atoms with Gasteiger partial charge in [0.15, 0.2) is 0 Å². The summed E-state index contributed by atoms with van der Waals surface area (Å²) in [4.78, 5) is 28.4. The zero-order valence-corrected chi connectivity index (χ0v) is 21.2. The third kappa shape index (κ3) is 7.37. The van der Waals surface area contributed by atoms with Gasteiger partial charge in [-0.1, -0.05) is 85.3 Å². The summed E-state index contributed by atoms with van der Waals surface area (Å²) >= 11 is 18.8. The summed E-state index contributed by atoms with van der Waals surface area (Å²) in [5.41, 5.74) is 1.67. The maximum atomic E-state index is 13.4. The van der Waals surface area contributed by atoms with E-state index < -0.39 is 6.04 Å². The highest BCUT2D eigenvalue weighted by molar-refractivity contribution is 6.35. The molecular weight excluding hydrogens is 479 g/mol. The molecule has 1 saturated carbocycles. The number of halogens is 3. The monoisotopic (exact) mass is 508 g/mol. The predicted molar refractivity (Wildman–Crippen MR) is 136 cm³/mol. The quantitative estimate of drug-likeness (QED) is 0.402. The average Bonchev–Trinajstić information content (AvgIpc) is 2.80. The number of amides is 2. The van der Waals surface area contributed by atoms with Gasteiger partial charge in [-0.15, -0.1) is 0 Å². The lowest BCUT2D eigenvalue weighted by Gasteiger charge is -2.33. The normalized spacial score (nSPS) is 15.2. The number of benzene rings is 2. The van der Waals surface area contributed by atoms with E-state index in [-0.39, 0.29) is 30.8 Å². The van der Waals surface area contributed by atoms with Crippen LogP contribution in [0.15, 0.2) is 42.5 Å². The fourth-order valence-electron chi connectivity index (χ4n) is 4.38. The van der Waals surface area contributed by atoms with E-state index in [1.165, 1.54) is 6.42 Å². The summed E-state index contributed by atoms with van der Waals surface area (Å²) in [5.74, 6) is -0.202. The number of rotatable bonds is 9. The zero-order valence-electron chi connectivity index (χ0n) is 19.0. The number of nitrogens with zero attached hydrogens (tertiary/aromatic N) is 1. The second-order valence-corrected chi connectivity index (χ2v) is 9.87. The van der Waals surface area contributed by atoms with Crippen molar-refractivity contribution in [3.05, 3.63) is 68.7 Å². The molecule has 0 bridgehead atoms. The van der Waals surface area contributed by atoms with Crippen molar-refractivity contribution in [2.75, 3.05) is 0 Å². The Labute approximate surface area is 211 Å². The number of nitrogens with one attached hydrogen (secondary N) is 1. The highest BCUT2D eigenvalue weighted by atomic mass is 35.5. The molecule has 1 fully saturated rings. The van der Waals surface area contributed by atoms with Gasteiger partial charge in [-0.3, -0.25) is 9.59 Å². The molecule has 0 unspecified atom stereocenters. The maximum Gasteiger partial charge on any atom is 0.243 e. The molecule has 3 rings (SSSR count). The molecule has 33 heavy (non-hydrogen) atoms. The van der Waals surface area contributed by atoms with Crippen molar-refractivity contribution in [3.63, 3.8) is 0 Å². The van der Waals surface area contributed by atoms with Crippen LogP contribution < -0.4 is 5.32 Å². The van der Waals surface area contributed by atoms with Gasteiger partial charge in [0.25, 0.3) is 0 Å². The molecular formula is C26H31Cl3N2O2. The van der Waals surface area contributed by atoms with E-state index in [9.17, 15) is 9.59 Å². The fourth-order valence-corrected chi connectivity index (χ4v) is 5.08. The zero-order chi connectivity index (χ0) is 23.8. The van der Waals surface area contributed by atoms with Gasteiger partial charge in [-0.2, -0.15) is 0 Å². The molecule has 7 heteroatoms. The Morgan fingerprint density at radius 2 is 1.73 bits per heavy atom. The summed E-state index contributed by atoms with van der Waals surface area (Å²) in [5, 5.41) is 4.84. The highest BCUT2D eigenvalue weighted by Crippen LogP contribution is 2.25. The van der Waals surface area contributed by atoms with E-state index in [1.807, 2.05) is 37.3 Å². The minimum atomic E-state index is -0.572. The molecule has 0 saturated heterocycles. The van der Waals surface area contributed by atoms with Crippen molar-refractivity contribution < 1.29 is 9.59 Å². The van der Waals surface area contributed by atoms with Crippen molar-refractivity contribution in [2.45, 2.75) is 76.9 Å². The second kappa shape index (κ2) is 12.6. The Balaban J connectivity index is 1.79. The van der Waals surface area contributed by atoms with Gasteiger partial charge in [-0.05, 0) is 55.0 Å². The molecule has 178 valence electrons.